The topological polar surface area (TPSA) is 42.4 Å². The van der Waals surface area contributed by atoms with Gasteiger partial charge in [-0.2, -0.15) is 0 Å². The van der Waals surface area contributed by atoms with Crippen LogP contribution in [0, 0.1) is 6.92 Å². The Labute approximate surface area is 118 Å². The van der Waals surface area contributed by atoms with E-state index in [1.165, 1.54) is 0 Å². The summed E-state index contributed by atoms with van der Waals surface area (Å²) in [5, 5.41) is 12.3. The first kappa shape index (κ1) is 12.3. The maximum Gasteiger partial charge on any atom is 0.0949 e. The molecule has 2 aliphatic rings. The van der Waals surface area contributed by atoms with Crippen molar-refractivity contribution < 1.29 is 9.84 Å². The van der Waals surface area contributed by atoms with E-state index in [2.05, 4.69) is 30.1 Å². The van der Waals surface area contributed by atoms with Crippen LogP contribution >= 0.6 is 0 Å². The van der Waals surface area contributed by atoms with Crippen molar-refractivity contribution in [1.82, 2.24) is 4.98 Å². The molecule has 20 heavy (non-hydrogen) atoms. The van der Waals surface area contributed by atoms with E-state index in [9.17, 15) is 5.11 Å². The number of aliphatic hydroxyl groups is 1. The van der Waals surface area contributed by atoms with Gasteiger partial charge in [0.05, 0.1) is 23.3 Å². The molecule has 2 unspecified atom stereocenters. The second-order valence-corrected chi connectivity index (χ2v) is 6.21. The Morgan fingerprint density at radius 1 is 1.20 bits per heavy atom. The van der Waals surface area contributed by atoms with Gasteiger partial charge in [-0.25, -0.2) is 0 Å². The molecule has 0 spiro atoms. The van der Waals surface area contributed by atoms with Gasteiger partial charge in [0.1, 0.15) is 0 Å². The van der Waals surface area contributed by atoms with E-state index in [4.69, 9.17) is 4.74 Å². The summed E-state index contributed by atoms with van der Waals surface area (Å²) in [6, 6.07) is 8.16. The molecule has 2 atom stereocenters. The minimum absolute atomic E-state index is 0.220. The summed E-state index contributed by atoms with van der Waals surface area (Å²) < 4.78 is 5.87. The molecule has 3 nitrogen and oxygen atoms in total. The quantitative estimate of drug-likeness (QED) is 0.865. The van der Waals surface area contributed by atoms with E-state index in [0.29, 0.717) is 12.8 Å². The van der Waals surface area contributed by atoms with E-state index in [1.807, 2.05) is 12.3 Å². The zero-order chi connectivity index (χ0) is 13.7. The molecule has 4 rings (SSSR count). The fourth-order valence-electron chi connectivity index (χ4n) is 3.93. The fourth-order valence-corrected chi connectivity index (χ4v) is 3.93. The van der Waals surface area contributed by atoms with Gasteiger partial charge in [-0.05, 0) is 37.0 Å². The zero-order valence-corrected chi connectivity index (χ0v) is 11.7. The summed E-state index contributed by atoms with van der Waals surface area (Å²) in [4.78, 5) is 4.48. The van der Waals surface area contributed by atoms with Gasteiger partial charge in [-0.3, -0.25) is 4.98 Å². The molecule has 3 heterocycles. The lowest BCUT2D eigenvalue weighted by atomic mass is 9.81. The van der Waals surface area contributed by atoms with Gasteiger partial charge >= 0.3 is 0 Å². The fraction of sp³-hybridized carbons (Fsp3) is 0.471. The van der Waals surface area contributed by atoms with Crippen molar-refractivity contribution in [3.05, 3.63) is 41.6 Å². The van der Waals surface area contributed by atoms with Crippen LogP contribution in [0.25, 0.3) is 10.9 Å². The smallest absolute Gasteiger partial charge is 0.0949 e. The predicted molar refractivity (Wildman–Crippen MR) is 77.5 cm³/mol. The first-order valence-corrected chi connectivity index (χ1v) is 7.38. The van der Waals surface area contributed by atoms with Gasteiger partial charge < -0.3 is 9.84 Å². The van der Waals surface area contributed by atoms with E-state index in [-0.39, 0.29) is 12.2 Å². The molecule has 2 bridgehead atoms. The van der Waals surface area contributed by atoms with Crippen molar-refractivity contribution >= 4 is 10.9 Å². The van der Waals surface area contributed by atoms with Crippen molar-refractivity contribution in [3.63, 3.8) is 0 Å². The van der Waals surface area contributed by atoms with Crippen molar-refractivity contribution in [2.75, 3.05) is 0 Å². The zero-order valence-electron chi connectivity index (χ0n) is 11.7. The summed E-state index contributed by atoms with van der Waals surface area (Å²) in [7, 11) is 0. The van der Waals surface area contributed by atoms with Crippen LogP contribution in [0.3, 0.4) is 0 Å². The number of nitrogens with zero attached hydrogens (tertiary/aromatic N) is 1. The highest BCUT2D eigenvalue weighted by atomic mass is 16.5. The minimum Gasteiger partial charge on any atom is -0.385 e. The van der Waals surface area contributed by atoms with E-state index < -0.39 is 5.60 Å². The average Bonchev–Trinajstić information content (AvgIpc) is 2.79. The molecule has 2 aromatic rings. The molecule has 0 radical (unpaired) electrons. The van der Waals surface area contributed by atoms with Crippen LogP contribution in [0.15, 0.2) is 30.5 Å². The largest absolute Gasteiger partial charge is 0.385 e. The lowest BCUT2D eigenvalue weighted by molar-refractivity contribution is -0.115. The highest BCUT2D eigenvalue weighted by molar-refractivity contribution is 5.82. The van der Waals surface area contributed by atoms with Gasteiger partial charge in [-0.15, -0.1) is 0 Å². The number of aromatic nitrogens is 1. The SMILES string of the molecule is Cc1c(C2(O)CC3CCC(C2)O3)ccc2cccnc12. The molecule has 1 aromatic carbocycles. The van der Waals surface area contributed by atoms with Crippen LogP contribution in [0.2, 0.25) is 0 Å². The van der Waals surface area contributed by atoms with Crippen LogP contribution in [0.4, 0.5) is 0 Å². The average molecular weight is 269 g/mol. The van der Waals surface area contributed by atoms with E-state index in [1.54, 1.807) is 0 Å². The van der Waals surface area contributed by atoms with Crippen LogP contribution in [-0.4, -0.2) is 22.3 Å². The minimum atomic E-state index is -0.750. The Hall–Kier alpha value is -1.45. The Kier molecular flexibility index (Phi) is 2.63. The number of hydrogen-bond acceptors (Lipinski definition) is 3. The monoisotopic (exact) mass is 269 g/mol. The standard InChI is InChI=1S/C17H19NO2/c1-11-15(7-4-12-3-2-8-18-16(11)12)17(19)9-13-5-6-14(10-17)20-13/h2-4,7-8,13-14,19H,5-6,9-10H2,1H3. The molecular formula is C17H19NO2. The van der Waals surface area contributed by atoms with E-state index in [0.717, 1.165) is 34.9 Å². The van der Waals surface area contributed by atoms with Crippen molar-refractivity contribution in [2.24, 2.45) is 0 Å². The Morgan fingerprint density at radius 3 is 2.70 bits per heavy atom. The number of pyridine rings is 1. The van der Waals surface area contributed by atoms with Gasteiger partial charge in [0, 0.05) is 24.4 Å². The van der Waals surface area contributed by atoms with Gasteiger partial charge in [0.25, 0.3) is 0 Å². The molecule has 3 heteroatoms. The van der Waals surface area contributed by atoms with Gasteiger partial charge in [-0.1, -0.05) is 18.2 Å². The lowest BCUT2D eigenvalue weighted by Crippen LogP contribution is -2.39. The molecule has 2 saturated heterocycles. The Morgan fingerprint density at radius 2 is 1.95 bits per heavy atom. The molecular weight excluding hydrogens is 250 g/mol. The van der Waals surface area contributed by atoms with Crippen molar-refractivity contribution in [1.29, 1.82) is 0 Å². The Balaban J connectivity index is 1.83. The second kappa shape index (κ2) is 4.27. The second-order valence-electron chi connectivity index (χ2n) is 6.21. The third-order valence-corrected chi connectivity index (χ3v) is 4.86. The molecule has 104 valence electrons. The molecule has 1 N–H and O–H groups in total. The first-order chi connectivity index (χ1) is 9.66. The number of fused-ring (bicyclic) bond motifs is 3. The summed E-state index contributed by atoms with van der Waals surface area (Å²) in [6.07, 6.45) is 5.84. The van der Waals surface area contributed by atoms with Crippen molar-refractivity contribution in [3.8, 4) is 0 Å². The number of hydrogen-bond donors (Lipinski definition) is 1. The molecule has 0 aliphatic carbocycles. The van der Waals surface area contributed by atoms with Crippen LogP contribution in [0.5, 0.6) is 0 Å². The van der Waals surface area contributed by atoms with Crippen LogP contribution in [-0.2, 0) is 10.3 Å². The van der Waals surface area contributed by atoms with Crippen LogP contribution < -0.4 is 0 Å². The molecule has 2 fully saturated rings. The Bertz CT molecular complexity index is 655. The third-order valence-electron chi connectivity index (χ3n) is 4.86. The molecule has 1 aromatic heterocycles. The number of benzene rings is 1. The molecule has 0 saturated carbocycles. The number of aryl methyl sites for hydroxylation is 1. The highest BCUT2D eigenvalue weighted by Gasteiger charge is 2.45. The maximum absolute atomic E-state index is 11.2. The highest BCUT2D eigenvalue weighted by Crippen LogP contribution is 2.45. The maximum atomic E-state index is 11.2. The summed E-state index contributed by atoms with van der Waals surface area (Å²) in [6.45, 7) is 2.07. The predicted octanol–water partition coefficient (Wildman–Crippen LogP) is 3.07. The van der Waals surface area contributed by atoms with E-state index >= 15 is 0 Å². The van der Waals surface area contributed by atoms with Crippen LogP contribution in [0.1, 0.15) is 36.8 Å². The van der Waals surface area contributed by atoms with Gasteiger partial charge in [0.2, 0.25) is 0 Å². The molecule has 2 aliphatic heterocycles. The summed E-state index contributed by atoms with van der Waals surface area (Å²) in [5.74, 6) is 0. The number of ether oxygens (including phenoxy) is 1. The normalized spacial score (nSPS) is 32.7. The third kappa shape index (κ3) is 1.77. The summed E-state index contributed by atoms with van der Waals surface area (Å²) >= 11 is 0. The number of rotatable bonds is 1. The molecule has 0 amide bonds. The first-order valence-electron chi connectivity index (χ1n) is 7.38. The summed E-state index contributed by atoms with van der Waals surface area (Å²) in [5.41, 5.74) is 2.38. The van der Waals surface area contributed by atoms with Crippen molar-refractivity contribution in [2.45, 2.75) is 50.4 Å². The van der Waals surface area contributed by atoms with Gasteiger partial charge in [0.15, 0.2) is 0 Å². The lowest BCUT2D eigenvalue weighted by Gasteiger charge is -2.37.